The van der Waals surface area contributed by atoms with Gasteiger partial charge in [-0.15, -0.1) is 0 Å². The van der Waals surface area contributed by atoms with E-state index in [9.17, 15) is 19.7 Å². The molecule has 0 aliphatic rings. The number of halogens is 1. The second-order valence-corrected chi connectivity index (χ2v) is 8.32. The Bertz CT molecular complexity index is 1280. The van der Waals surface area contributed by atoms with Crippen LogP contribution in [0, 0.1) is 24.0 Å². The van der Waals surface area contributed by atoms with E-state index in [1.807, 2.05) is 0 Å². The second kappa shape index (κ2) is 10.4. The summed E-state index contributed by atoms with van der Waals surface area (Å²) in [4.78, 5) is 35.6. The molecule has 1 amide bonds. The minimum Gasteiger partial charge on any atom is -0.423 e. The molecule has 0 aliphatic heterocycles. The first-order valence-corrected chi connectivity index (χ1v) is 11.0. The molecule has 2 aromatic carbocycles. The molecule has 0 fully saturated rings. The van der Waals surface area contributed by atoms with E-state index in [2.05, 4.69) is 31.6 Å². The van der Waals surface area contributed by atoms with Crippen LogP contribution >= 0.6 is 15.9 Å². The summed E-state index contributed by atoms with van der Waals surface area (Å²) in [5.74, 6) is -0.601. The number of nitro groups is 1. The molecule has 3 aromatic rings. The number of ether oxygens (including phenoxy) is 1. The summed E-state index contributed by atoms with van der Waals surface area (Å²) in [5, 5.41) is 19.4. The molecule has 0 aliphatic carbocycles. The quantitative estimate of drug-likeness (QED) is 0.158. The van der Waals surface area contributed by atoms with Crippen LogP contribution in [-0.2, 0) is 4.79 Å². The van der Waals surface area contributed by atoms with Crippen molar-refractivity contribution in [3.05, 3.63) is 85.6 Å². The van der Waals surface area contributed by atoms with Gasteiger partial charge in [0.2, 0.25) is 0 Å². The molecule has 1 aromatic heterocycles. The Morgan fingerprint density at radius 3 is 2.41 bits per heavy atom. The van der Waals surface area contributed by atoms with Gasteiger partial charge in [-0.3, -0.25) is 19.6 Å². The highest BCUT2D eigenvalue weighted by Gasteiger charge is 2.27. The minimum absolute atomic E-state index is 0.111. The van der Waals surface area contributed by atoms with Crippen LogP contribution in [-0.4, -0.2) is 32.3 Å². The van der Waals surface area contributed by atoms with Gasteiger partial charge in [-0.05, 0) is 85.6 Å². The molecule has 1 unspecified atom stereocenters. The number of carbonyl (C=O) groups excluding carboxylic acids is 2. The van der Waals surface area contributed by atoms with Crippen molar-refractivity contribution in [2.45, 2.75) is 33.7 Å². The van der Waals surface area contributed by atoms with Crippen LogP contribution < -0.4 is 10.2 Å². The fraction of sp³-hybridized carbons (Fsp3) is 0.217. The van der Waals surface area contributed by atoms with Gasteiger partial charge in [0.1, 0.15) is 23.2 Å². The van der Waals surface area contributed by atoms with Crippen molar-refractivity contribution >= 4 is 39.2 Å². The Labute approximate surface area is 203 Å². The van der Waals surface area contributed by atoms with Gasteiger partial charge >= 0.3 is 11.7 Å². The van der Waals surface area contributed by atoms with Crippen molar-refractivity contribution in [3.8, 4) is 5.75 Å². The SMILES string of the molecule is C/C(=N\NC(=O)C(C)n1nc(C)c([N+](=O)[O-])c1C)c1ccc(OC(=O)c2ccccc2Br)cc1. The molecule has 0 spiro atoms. The third kappa shape index (κ3) is 5.37. The maximum absolute atomic E-state index is 12.5. The van der Waals surface area contributed by atoms with Crippen LogP contribution in [0.3, 0.4) is 0 Å². The van der Waals surface area contributed by atoms with Crippen LogP contribution in [0.5, 0.6) is 5.75 Å². The molecule has 3 rings (SSSR count). The lowest BCUT2D eigenvalue weighted by molar-refractivity contribution is -0.386. The number of amides is 1. The number of esters is 1. The molecule has 10 nitrogen and oxygen atoms in total. The van der Waals surface area contributed by atoms with Gasteiger partial charge in [0.15, 0.2) is 0 Å². The molecule has 176 valence electrons. The molecular weight excluding hydrogens is 506 g/mol. The summed E-state index contributed by atoms with van der Waals surface area (Å²) in [5.41, 5.74) is 4.52. The highest BCUT2D eigenvalue weighted by Crippen LogP contribution is 2.24. The Kier molecular flexibility index (Phi) is 7.57. The zero-order chi connectivity index (χ0) is 25.0. The van der Waals surface area contributed by atoms with Gasteiger partial charge in [-0.25, -0.2) is 10.2 Å². The summed E-state index contributed by atoms with van der Waals surface area (Å²) >= 11 is 3.32. The van der Waals surface area contributed by atoms with Crippen molar-refractivity contribution in [1.29, 1.82) is 0 Å². The van der Waals surface area contributed by atoms with E-state index in [0.717, 1.165) is 0 Å². The number of aryl methyl sites for hydroxylation is 1. The molecular formula is C23H22BrN5O5. The van der Waals surface area contributed by atoms with Gasteiger partial charge in [0, 0.05) is 4.47 Å². The van der Waals surface area contributed by atoms with E-state index < -0.39 is 22.8 Å². The number of hydrogen-bond donors (Lipinski definition) is 1. The first-order chi connectivity index (χ1) is 16.1. The molecule has 11 heteroatoms. The molecule has 0 radical (unpaired) electrons. The Balaban J connectivity index is 1.66. The fourth-order valence-corrected chi connectivity index (χ4v) is 3.70. The second-order valence-electron chi connectivity index (χ2n) is 7.46. The molecule has 0 saturated carbocycles. The van der Waals surface area contributed by atoms with Crippen molar-refractivity contribution in [1.82, 2.24) is 15.2 Å². The minimum atomic E-state index is -0.803. The molecule has 0 saturated heterocycles. The predicted molar refractivity (Wildman–Crippen MR) is 129 cm³/mol. The highest BCUT2D eigenvalue weighted by atomic mass is 79.9. The number of carbonyl (C=O) groups is 2. The zero-order valence-corrected chi connectivity index (χ0v) is 20.5. The van der Waals surface area contributed by atoms with E-state index in [1.54, 1.807) is 69.3 Å². The lowest BCUT2D eigenvalue weighted by Crippen LogP contribution is -2.29. The number of nitrogens with one attached hydrogen (secondary N) is 1. The average Bonchev–Trinajstić information content (AvgIpc) is 3.11. The van der Waals surface area contributed by atoms with E-state index >= 15 is 0 Å². The topological polar surface area (TPSA) is 129 Å². The summed E-state index contributed by atoms with van der Waals surface area (Å²) < 4.78 is 7.34. The van der Waals surface area contributed by atoms with Crippen LogP contribution in [0.15, 0.2) is 58.1 Å². The predicted octanol–water partition coefficient (Wildman–Crippen LogP) is 4.49. The fourth-order valence-electron chi connectivity index (χ4n) is 3.26. The third-order valence-corrected chi connectivity index (χ3v) is 5.82. The number of hydrogen-bond acceptors (Lipinski definition) is 7. The van der Waals surface area contributed by atoms with Crippen LogP contribution in [0.1, 0.15) is 47.2 Å². The molecule has 0 bridgehead atoms. The third-order valence-electron chi connectivity index (χ3n) is 5.13. The zero-order valence-electron chi connectivity index (χ0n) is 18.9. The number of benzene rings is 2. The first-order valence-electron chi connectivity index (χ1n) is 10.2. The van der Waals surface area contributed by atoms with Crippen molar-refractivity contribution < 1.29 is 19.2 Å². The largest absolute Gasteiger partial charge is 0.423 e. The number of hydrazone groups is 1. The Hall–Kier alpha value is -3.86. The van der Waals surface area contributed by atoms with Crippen molar-refractivity contribution in [2.75, 3.05) is 0 Å². The maximum atomic E-state index is 12.5. The van der Waals surface area contributed by atoms with Gasteiger partial charge in [0.25, 0.3) is 5.91 Å². The van der Waals surface area contributed by atoms with E-state index in [1.165, 1.54) is 11.6 Å². The van der Waals surface area contributed by atoms with Gasteiger partial charge in [0.05, 0.1) is 16.2 Å². The molecule has 34 heavy (non-hydrogen) atoms. The van der Waals surface area contributed by atoms with Crippen LogP contribution in [0.4, 0.5) is 5.69 Å². The standard InChI is InChI=1S/C23H22BrN5O5/c1-13(25-26-22(30)16(4)28-15(3)21(29(32)33)14(2)27-28)17-9-11-18(12-10-17)34-23(31)19-7-5-6-8-20(19)24/h5-12,16H,1-4H3,(H,26,30)/b25-13+. The highest BCUT2D eigenvalue weighted by molar-refractivity contribution is 9.10. The average molecular weight is 528 g/mol. The summed E-state index contributed by atoms with van der Waals surface area (Å²) in [7, 11) is 0. The maximum Gasteiger partial charge on any atom is 0.344 e. The number of rotatable bonds is 7. The molecule has 1 heterocycles. The van der Waals surface area contributed by atoms with Crippen molar-refractivity contribution in [3.63, 3.8) is 0 Å². The molecule has 1 atom stereocenters. The number of aromatic nitrogens is 2. The van der Waals surface area contributed by atoms with Crippen LogP contribution in [0.25, 0.3) is 0 Å². The van der Waals surface area contributed by atoms with Crippen LogP contribution in [0.2, 0.25) is 0 Å². The van der Waals surface area contributed by atoms with Crippen molar-refractivity contribution in [2.24, 2.45) is 5.10 Å². The Morgan fingerprint density at radius 2 is 1.82 bits per heavy atom. The van der Waals surface area contributed by atoms with Gasteiger partial charge in [-0.1, -0.05) is 12.1 Å². The smallest absolute Gasteiger partial charge is 0.344 e. The van der Waals surface area contributed by atoms with Gasteiger partial charge < -0.3 is 4.74 Å². The molecule has 1 N–H and O–H groups in total. The lowest BCUT2D eigenvalue weighted by atomic mass is 10.1. The lowest BCUT2D eigenvalue weighted by Gasteiger charge is -2.12. The Morgan fingerprint density at radius 1 is 1.18 bits per heavy atom. The van der Waals surface area contributed by atoms with E-state index in [4.69, 9.17) is 4.74 Å². The van der Waals surface area contributed by atoms with E-state index in [0.29, 0.717) is 32.8 Å². The summed E-state index contributed by atoms with van der Waals surface area (Å²) in [6.45, 7) is 6.36. The summed E-state index contributed by atoms with van der Waals surface area (Å²) in [6.07, 6.45) is 0. The summed E-state index contributed by atoms with van der Waals surface area (Å²) in [6, 6.07) is 12.8. The van der Waals surface area contributed by atoms with Gasteiger partial charge in [-0.2, -0.15) is 10.2 Å². The number of nitrogens with zero attached hydrogens (tertiary/aromatic N) is 4. The monoisotopic (exact) mass is 527 g/mol. The first kappa shape index (κ1) is 24.8. The normalized spacial score (nSPS) is 12.2. The van der Waals surface area contributed by atoms with E-state index in [-0.39, 0.29) is 11.4 Å².